The second-order valence-corrected chi connectivity index (χ2v) is 10.8. The van der Waals surface area contributed by atoms with E-state index in [0.717, 1.165) is 15.6 Å². The van der Waals surface area contributed by atoms with Gasteiger partial charge in [-0.1, -0.05) is 67.0 Å². The highest BCUT2D eigenvalue weighted by molar-refractivity contribution is 9.10. The Labute approximate surface area is 229 Å². The van der Waals surface area contributed by atoms with Gasteiger partial charge in [-0.2, -0.15) is 0 Å². The van der Waals surface area contributed by atoms with Gasteiger partial charge in [0.1, 0.15) is 5.76 Å². The maximum Gasteiger partial charge on any atom is 0.293 e. The molecule has 0 aliphatic carbocycles. The lowest BCUT2D eigenvalue weighted by atomic mass is 9.87. The Morgan fingerprint density at radius 2 is 1.46 bits per heavy atom. The highest BCUT2D eigenvalue weighted by Gasteiger charge is 2.16. The number of halogens is 1. The van der Waals surface area contributed by atoms with Crippen LogP contribution in [0.2, 0.25) is 0 Å². The summed E-state index contributed by atoms with van der Waals surface area (Å²) < 4.78 is 6.65. The average molecular weight is 577 g/mol. The first-order chi connectivity index (χ1) is 17.6. The number of hydrogen-bond acceptors (Lipinski definition) is 4. The summed E-state index contributed by atoms with van der Waals surface area (Å²) in [5, 5.41) is 8.58. The molecule has 0 radical (unpaired) electrons. The highest BCUT2D eigenvalue weighted by Crippen LogP contribution is 2.25. The molecule has 0 saturated heterocycles. The van der Waals surface area contributed by atoms with E-state index in [0.29, 0.717) is 22.7 Å². The molecule has 37 heavy (non-hydrogen) atoms. The van der Waals surface area contributed by atoms with E-state index in [2.05, 4.69) is 52.7 Å². The van der Waals surface area contributed by atoms with Crippen molar-refractivity contribution in [1.29, 1.82) is 0 Å². The third kappa shape index (κ3) is 6.93. The van der Waals surface area contributed by atoms with Crippen LogP contribution < -0.4 is 16.0 Å². The maximum atomic E-state index is 12.7. The molecule has 0 fully saturated rings. The molecule has 3 N–H and O–H groups in total. The molecule has 2 amide bonds. The molecular weight excluding hydrogens is 550 g/mol. The van der Waals surface area contributed by atoms with Crippen LogP contribution in [0.1, 0.15) is 47.2 Å². The van der Waals surface area contributed by atoms with E-state index in [9.17, 15) is 9.59 Å². The van der Waals surface area contributed by atoms with Crippen molar-refractivity contribution in [3.05, 3.63) is 106 Å². The van der Waals surface area contributed by atoms with Crippen LogP contribution in [0.3, 0.4) is 0 Å². The van der Waals surface area contributed by atoms with Gasteiger partial charge in [-0.3, -0.25) is 14.9 Å². The Hall–Kier alpha value is -3.75. The molecule has 188 valence electrons. The lowest BCUT2D eigenvalue weighted by Crippen LogP contribution is -2.33. The second kappa shape index (κ2) is 11.1. The summed E-state index contributed by atoms with van der Waals surface area (Å²) in [5.74, 6) is 0.0329. The van der Waals surface area contributed by atoms with E-state index in [-0.39, 0.29) is 22.2 Å². The van der Waals surface area contributed by atoms with Gasteiger partial charge in [0.25, 0.3) is 11.8 Å². The molecule has 6 nitrogen and oxygen atoms in total. The Morgan fingerprint density at radius 3 is 2.11 bits per heavy atom. The van der Waals surface area contributed by atoms with E-state index in [1.54, 1.807) is 36.4 Å². The minimum atomic E-state index is -0.468. The van der Waals surface area contributed by atoms with Crippen LogP contribution in [0.25, 0.3) is 11.3 Å². The molecule has 3 aromatic carbocycles. The zero-order valence-corrected chi connectivity index (χ0v) is 23.0. The predicted molar refractivity (Wildman–Crippen MR) is 155 cm³/mol. The molecule has 0 atom stereocenters. The molecule has 0 spiro atoms. The minimum absolute atomic E-state index is 0.0155. The number of rotatable bonds is 5. The van der Waals surface area contributed by atoms with E-state index in [4.69, 9.17) is 16.6 Å². The van der Waals surface area contributed by atoms with Crippen molar-refractivity contribution in [2.24, 2.45) is 0 Å². The third-order valence-corrected chi connectivity index (χ3v) is 6.31. The van der Waals surface area contributed by atoms with Crippen LogP contribution >= 0.6 is 28.1 Å². The van der Waals surface area contributed by atoms with Gasteiger partial charge in [-0.25, -0.2) is 0 Å². The van der Waals surface area contributed by atoms with Gasteiger partial charge in [0.05, 0.1) is 0 Å². The van der Waals surface area contributed by atoms with Gasteiger partial charge in [-0.05, 0) is 77.8 Å². The summed E-state index contributed by atoms with van der Waals surface area (Å²) in [7, 11) is 0. The highest BCUT2D eigenvalue weighted by atomic mass is 79.9. The number of nitrogens with one attached hydrogen (secondary N) is 3. The topological polar surface area (TPSA) is 83.4 Å². The lowest BCUT2D eigenvalue weighted by molar-refractivity contribution is 0.0950. The zero-order valence-electron chi connectivity index (χ0n) is 20.6. The number of carbonyl (C=O) groups excluding carboxylic acids is 2. The second-order valence-electron chi connectivity index (χ2n) is 9.44. The number of anilines is 2. The van der Waals surface area contributed by atoms with Gasteiger partial charge in [0.15, 0.2) is 10.9 Å². The van der Waals surface area contributed by atoms with Gasteiger partial charge in [-0.15, -0.1) is 0 Å². The Kier molecular flexibility index (Phi) is 7.90. The van der Waals surface area contributed by atoms with Crippen LogP contribution in [0.5, 0.6) is 0 Å². The first kappa shape index (κ1) is 26.3. The van der Waals surface area contributed by atoms with Crippen molar-refractivity contribution in [2.75, 3.05) is 10.6 Å². The standard InChI is InChI=1S/C29H26BrN3O3S/c1-29(2,3)20-11-7-19(8-12-20)26(34)31-22-5-4-6-23(17-22)32-28(37)33-27(35)25-16-15-24(36-25)18-9-13-21(30)14-10-18/h4-17H,1-3H3,(H,31,34)(H2,32,33,35,37). The van der Waals surface area contributed by atoms with E-state index >= 15 is 0 Å². The fraction of sp³-hybridized carbons (Fsp3) is 0.138. The van der Waals surface area contributed by atoms with Crippen molar-refractivity contribution < 1.29 is 14.0 Å². The van der Waals surface area contributed by atoms with E-state index in [1.807, 2.05) is 48.5 Å². The molecule has 1 aromatic heterocycles. The largest absolute Gasteiger partial charge is 0.451 e. The molecule has 0 aliphatic heterocycles. The zero-order chi connectivity index (χ0) is 26.6. The number of thiocarbonyl (C=S) groups is 1. The fourth-order valence-corrected chi connectivity index (χ4v) is 4.03. The average Bonchev–Trinajstić information content (AvgIpc) is 3.35. The maximum absolute atomic E-state index is 12.7. The summed E-state index contributed by atoms with van der Waals surface area (Å²) in [4.78, 5) is 25.3. The van der Waals surface area contributed by atoms with Crippen molar-refractivity contribution in [2.45, 2.75) is 26.2 Å². The first-order valence-corrected chi connectivity index (χ1v) is 12.8. The third-order valence-electron chi connectivity index (χ3n) is 5.58. The molecule has 4 aromatic rings. The smallest absolute Gasteiger partial charge is 0.293 e. The van der Waals surface area contributed by atoms with E-state index < -0.39 is 5.91 Å². The van der Waals surface area contributed by atoms with Crippen molar-refractivity contribution in [3.63, 3.8) is 0 Å². The number of benzene rings is 3. The Morgan fingerprint density at radius 1 is 0.811 bits per heavy atom. The minimum Gasteiger partial charge on any atom is -0.451 e. The van der Waals surface area contributed by atoms with Crippen molar-refractivity contribution in [1.82, 2.24) is 5.32 Å². The molecule has 8 heteroatoms. The van der Waals surface area contributed by atoms with Crippen LogP contribution in [-0.2, 0) is 5.41 Å². The summed E-state index contributed by atoms with van der Waals surface area (Å²) in [6.45, 7) is 6.38. The Balaban J connectivity index is 1.35. The predicted octanol–water partition coefficient (Wildman–Crippen LogP) is 7.39. The van der Waals surface area contributed by atoms with Gasteiger partial charge in [0, 0.05) is 27.0 Å². The number of amides is 2. The number of carbonyl (C=O) groups is 2. The lowest BCUT2D eigenvalue weighted by Gasteiger charge is -2.19. The molecule has 0 bridgehead atoms. The van der Waals surface area contributed by atoms with Crippen LogP contribution in [0, 0.1) is 0 Å². The molecular formula is C29H26BrN3O3S. The summed E-state index contributed by atoms with van der Waals surface area (Å²) >= 11 is 8.70. The van der Waals surface area contributed by atoms with Crippen LogP contribution in [0.15, 0.2) is 93.8 Å². The quantitative estimate of drug-likeness (QED) is 0.216. The van der Waals surface area contributed by atoms with Crippen molar-refractivity contribution >= 4 is 56.4 Å². The summed E-state index contributed by atoms with van der Waals surface area (Å²) in [5.41, 5.74) is 3.80. The first-order valence-electron chi connectivity index (χ1n) is 11.6. The molecule has 4 rings (SSSR count). The monoisotopic (exact) mass is 575 g/mol. The van der Waals surface area contributed by atoms with Gasteiger partial charge < -0.3 is 15.1 Å². The van der Waals surface area contributed by atoms with E-state index in [1.165, 1.54) is 0 Å². The summed E-state index contributed by atoms with van der Waals surface area (Å²) in [6, 6.07) is 25.6. The Bertz CT molecular complexity index is 1440. The molecule has 0 aliphatic rings. The molecule has 0 saturated carbocycles. The normalized spacial score (nSPS) is 11.0. The number of furan rings is 1. The van der Waals surface area contributed by atoms with Gasteiger partial charge in [0.2, 0.25) is 0 Å². The van der Waals surface area contributed by atoms with Crippen molar-refractivity contribution in [3.8, 4) is 11.3 Å². The molecule has 0 unspecified atom stereocenters. The van der Waals surface area contributed by atoms with Gasteiger partial charge >= 0.3 is 0 Å². The molecule has 1 heterocycles. The SMILES string of the molecule is CC(C)(C)c1ccc(C(=O)Nc2cccc(NC(=S)NC(=O)c3ccc(-c4ccc(Br)cc4)o3)c2)cc1. The van der Waals surface area contributed by atoms with Crippen LogP contribution in [0.4, 0.5) is 11.4 Å². The fourth-order valence-electron chi connectivity index (χ4n) is 3.56. The van der Waals surface area contributed by atoms with Crippen LogP contribution in [-0.4, -0.2) is 16.9 Å². The summed E-state index contributed by atoms with van der Waals surface area (Å²) in [6.07, 6.45) is 0. The number of hydrogen-bond donors (Lipinski definition) is 3.